The Hall–Kier alpha value is -0.420. The van der Waals surface area contributed by atoms with Crippen LogP contribution in [-0.2, 0) is 4.79 Å². The van der Waals surface area contributed by atoms with Crippen LogP contribution in [0.1, 0.15) is 17.9 Å². The van der Waals surface area contributed by atoms with E-state index in [9.17, 15) is 4.79 Å². The standard InChI is InChI=1S/C14H18Cl2N2OS/c1-9-13(19)18(7-6-17(2)3)14(20-9)10-4-5-11(15)12(16)8-10/h4-5,8-9,14H,6-7H2,1-3H3/p+1/t9-,14-/m1/s1. The zero-order valence-electron chi connectivity index (χ0n) is 11.8. The third-order valence-corrected chi connectivity index (χ3v) is 5.46. The van der Waals surface area contributed by atoms with Crippen LogP contribution < -0.4 is 4.90 Å². The van der Waals surface area contributed by atoms with E-state index in [1.807, 2.05) is 24.0 Å². The number of quaternary nitrogens is 1. The van der Waals surface area contributed by atoms with Gasteiger partial charge in [0.15, 0.2) is 0 Å². The fraction of sp³-hybridized carbons (Fsp3) is 0.500. The van der Waals surface area contributed by atoms with E-state index in [4.69, 9.17) is 23.2 Å². The monoisotopic (exact) mass is 333 g/mol. The van der Waals surface area contributed by atoms with Crippen molar-refractivity contribution in [3.05, 3.63) is 33.8 Å². The first-order chi connectivity index (χ1) is 9.40. The van der Waals surface area contributed by atoms with Gasteiger partial charge in [-0.1, -0.05) is 29.3 Å². The van der Waals surface area contributed by atoms with E-state index in [1.165, 1.54) is 4.90 Å². The van der Waals surface area contributed by atoms with Crippen molar-refractivity contribution >= 4 is 40.9 Å². The van der Waals surface area contributed by atoms with Gasteiger partial charge in [-0.05, 0) is 24.6 Å². The van der Waals surface area contributed by atoms with Gasteiger partial charge in [0.1, 0.15) is 5.37 Å². The van der Waals surface area contributed by atoms with E-state index in [1.54, 1.807) is 17.8 Å². The molecule has 1 aromatic rings. The molecule has 3 nitrogen and oxygen atoms in total. The lowest BCUT2D eigenvalue weighted by molar-refractivity contribution is -0.857. The zero-order chi connectivity index (χ0) is 14.9. The Kier molecular flexibility index (Phi) is 5.24. The minimum atomic E-state index is -0.00776. The number of hydrogen-bond donors (Lipinski definition) is 1. The summed E-state index contributed by atoms with van der Waals surface area (Å²) in [6.07, 6.45) is 0. The van der Waals surface area contributed by atoms with E-state index in [-0.39, 0.29) is 16.5 Å². The summed E-state index contributed by atoms with van der Waals surface area (Å²) in [5.41, 5.74) is 1.04. The van der Waals surface area contributed by atoms with Gasteiger partial charge in [0.25, 0.3) is 0 Å². The van der Waals surface area contributed by atoms with Gasteiger partial charge < -0.3 is 9.80 Å². The first-order valence-corrected chi connectivity index (χ1v) is 8.30. The van der Waals surface area contributed by atoms with Crippen LogP contribution >= 0.6 is 35.0 Å². The Balaban J connectivity index is 2.23. The summed E-state index contributed by atoms with van der Waals surface area (Å²) in [7, 11) is 4.18. The number of thioether (sulfide) groups is 1. The number of halogens is 2. The van der Waals surface area contributed by atoms with Crippen LogP contribution in [0.15, 0.2) is 18.2 Å². The molecular weight excluding hydrogens is 315 g/mol. The molecule has 6 heteroatoms. The van der Waals surface area contributed by atoms with Crippen LogP contribution in [0.3, 0.4) is 0 Å². The molecule has 1 aliphatic heterocycles. The van der Waals surface area contributed by atoms with E-state index in [0.29, 0.717) is 10.0 Å². The summed E-state index contributed by atoms with van der Waals surface area (Å²) in [5, 5.41) is 1.11. The van der Waals surface area contributed by atoms with Gasteiger partial charge in [0.05, 0.1) is 42.5 Å². The zero-order valence-corrected chi connectivity index (χ0v) is 14.1. The number of carbonyl (C=O) groups excluding carboxylic acids is 1. The van der Waals surface area contributed by atoms with Crippen molar-refractivity contribution in [1.29, 1.82) is 0 Å². The molecule has 1 heterocycles. The lowest BCUT2D eigenvalue weighted by atomic mass is 10.2. The van der Waals surface area contributed by atoms with Gasteiger partial charge in [-0.15, -0.1) is 11.8 Å². The molecule has 0 spiro atoms. The molecule has 0 bridgehead atoms. The van der Waals surface area contributed by atoms with Crippen molar-refractivity contribution in [2.45, 2.75) is 17.5 Å². The molecule has 110 valence electrons. The van der Waals surface area contributed by atoms with E-state index in [2.05, 4.69) is 14.1 Å². The maximum Gasteiger partial charge on any atom is 0.236 e. The average molecular weight is 334 g/mol. The molecule has 2 atom stereocenters. The summed E-state index contributed by atoms with van der Waals surface area (Å²) in [6, 6.07) is 5.61. The maximum atomic E-state index is 12.3. The van der Waals surface area contributed by atoms with Crippen molar-refractivity contribution in [3.63, 3.8) is 0 Å². The van der Waals surface area contributed by atoms with Crippen LogP contribution in [0.5, 0.6) is 0 Å². The van der Waals surface area contributed by atoms with Crippen molar-refractivity contribution in [3.8, 4) is 0 Å². The molecule has 2 rings (SSSR count). The van der Waals surface area contributed by atoms with Gasteiger partial charge in [0.2, 0.25) is 5.91 Å². The number of amides is 1. The van der Waals surface area contributed by atoms with Gasteiger partial charge in [-0.25, -0.2) is 0 Å². The second-order valence-electron chi connectivity index (χ2n) is 5.29. The normalized spacial score (nSPS) is 22.9. The molecule has 1 fully saturated rings. The highest BCUT2D eigenvalue weighted by Crippen LogP contribution is 2.43. The molecule has 0 unspecified atom stereocenters. The first kappa shape index (κ1) is 16.0. The fourth-order valence-electron chi connectivity index (χ4n) is 2.17. The molecule has 0 aliphatic carbocycles. The number of likely N-dealkylation sites (N-methyl/N-ethyl adjacent to an activating group) is 1. The minimum Gasteiger partial charge on any atom is -0.338 e. The molecule has 1 saturated heterocycles. The van der Waals surface area contributed by atoms with Crippen LogP contribution in [0, 0.1) is 0 Å². The third kappa shape index (κ3) is 3.42. The minimum absolute atomic E-state index is 0.00776. The Morgan fingerprint density at radius 2 is 2.00 bits per heavy atom. The van der Waals surface area contributed by atoms with Crippen LogP contribution in [0.4, 0.5) is 0 Å². The lowest BCUT2D eigenvalue weighted by Crippen LogP contribution is -3.06. The second-order valence-corrected chi connectivity index (χ2v) is 7.53. The molecule has 0 radical (unpaired) electrons. The molecule has 1 aliphatic rings. The number of nitrogens with one attached hydrogen (secondary N) is 1. The van der Waals surface area contributed by atoms with E-state index < -0.39 is 0 Å². The molecule has 0 aromatic heterocycles. The molecule has 20 heavy (non-hydrogen) atoms. The summed E-state index contributed by atoms with van der Waals surface area (Å²) < 4.78 is 0. The number of carbonyl (C=O) groups is 1. The van der Waals surface area contributed by atoms with Crippen LogP contribution in [-0.4, -0.2) is 43.2 Å². The van der Waals surface area contributed by atoms with Crippen molar-refractivity contribution < 1.29 is 9.69 Å². The topological polar surface area (TPSA) is 24.8 Å². The molecule has 1 N–H and O–H groups in total. The quantitative estimate of drug-likeness (QED) is 0.912. The molecular formula is C14H19Cl2N2OS+. The average Bonchev–Trinajstić information content (AvgIpc) is 2.67. The first-order valence-electron chi connectivity index (χ1n) is 6.60. The Labute approximate surface area is 134 Å². The second kappa shape index (κ2) is 6.56. The largest absolute Gasteiger partial charge is 0.338 e. The Bertz CT molecular complexity index is 510. The molecule has 1 aromatic carbocycles. The SMILES string of the molecule is C[C@H]1S[C@H](c2ccc(Cl)c(Cl)c2)N(CC[NH+](C)C)C1=O. The van der Waals surface area contributed by atoms with E-state index >= 15 is 0 Å². The van der Waals surface area contributed by atoms with Crippen LogP contribution in [0.25, 0.3) is 0 Å². The number of rotatable bonds is 4. The van der Waals surface area contributed by atoms with Gasteiger partial charge in [0, 0.05) is 0 Å². The Morgan fingerprint density at radius 3 is 2.60 bits per heavy atom. The van der Waals surface area contributed by atoms with Gasteiger partial charge in [-0.2, -0.15) is 0 Å². The van der Waals surface area contributed by atoms with Gasteiger partial charge in [-0.3, -0.25) is 4.79 Å². The van der Waals surface area contributed by atoms with Gasteiger partial charge >= 0.3 is 0 Å². The maximum absolute atomic E-state index is 12.3. The fourth-order valence-corrected chi connectivity index (χ4v) is 3.78. The lowest BCUT2D eigenvalue weighted by Gasteiger charge is -2.24. The number of hydrogen-bond acceptors (Lipinski definition) is 2. The predicted octanol–water partition coefficient (Wildman–Crippen LogP) is 2.10. The summed E-state index contributed by atoms with van der Waals surface area (Å²) in [6.45, 7) is 3.64. The third-order valence-electron chi connectivity index (χ3n) is 3.33. The highest BCUT2D eigenvalue weighted by molar-refractivity contribution is 8.01. The van der Waals surface area contributed by atoms with Crippen molar-refractivity contribution in [2.75, 3.05) is 27.2 Å². The number of benzene rings is 1. The number of nitrogens with zero attached hydrogens (tertiary/aromatic N) is 1. The van der Waals surface area contributed by atoms with Crippen molar-refractivity contribution in [1.82, 2.24) is 4.90 Å². The molecule has 1 amide bonds. The van der Waals surface area contributed by atoms with Crippen LogP contribution in [0.2, 0.25) is 10.0 Å². The molecule has 0 saturated carbocycles. The smallest absolute Gasteiger partial charge is 0.236 e. The predicted molar refractivity (Wildman–Crippen MR) is 85.6 cm³/mol. The summed E-state index contributed by atoms with van der Waals surface area (Å²) in [5.74, 6) is 0.201. The van der Waals surface area contributed by atoms with E-state index in [0.717, 1.165) is 18.7 Å². The highest BCUT2D eigenvalue weighted by atomic mass is 35.5. The summed E-state index contributed by atoms with van der Waals surface area (Å²) in [4.78, 5) is 15.6. The Morgan fingerprint density at radius 1 is 1.30 bits per heavy atom. The highest BCUT2D eigenvalue weighted by Gasteiger charge is 2.38. The summed E-state index contributed by atoms with van der Waals surface area (Å²) >= 11 is 13.7. The van der Waals surface area contributed by atoms with Crippen molar-refractivity contribution in [2.24, 2.45) is 0 Å².